The summed E-state index contributed by atoms with van der Waals surface area (Å²) in [6, 6.07) is 3.71. The van der Waals surface area contributed by atoms with Gasteiger partial charge in [0.15, 0.2) is 0 Å². The Bertz CT molecular complexity index is 469. The number of nitrogens with one attached hydrogen (secondary N) is 1. The molecule has 1 N–H and O–H groups in total. The van der Waals surface area contributed by atoms with Gasteiger partial charge >= 0.3 is 0 Å². The van der Waals surface area contributed by atoms with E-state index >= 15 is 0 Å². The molecule has 0 spiro atoms. The number of hydrogen-bond acceptors (Lipinski definition) is 7. The molecular weight excluding hydrogens is 298 g/mol. The van der Waals surface area contributed by atoms with Gasteiger partial charge < -0.3 is 10.1 Å². The second-order valence-corrected chi connectivity index (χ2v) is 5.60. The highest BCUT2D eigenvalue weighted by Gasteiger charge is 2.01. The van der Waals surface area contributed by atoms with E-state index in [-0.39, 0.29) is 0 Å². The third-order valence-electron chi connectivity index (χ3n) is 2.26. The number of thioether (sulfide) groups is 2. The molecule has 0 atom stereocenters. The van der Waals surface area contributed by atoms with Crippen molar-refractivity contribution in [3.63, 3.8) is 0 Å². The molecule has 0 aromatic carbocycles. The smallest absolute Gasteiger partial charge is 0.263 e. The van der Waals surface area contributed by atoms with E-state index in [0.717, 1.165) is 29.1 Å². The predicted molar refractivity (Wildman–Crippen MR) is 83.5 cm³/mol. The van der Waals surface area contributed by atoms with E-state index in [4.69, 9.17) is 4.74 Å². The fourth-order valence-electron chi connectivity index (χ4n) is 1.35. The highest BCUT2D eigenvalue weighted by Crippen LogP contribution is 2.15. The molecule has 1 aromatic heterocycles. The van der Waals surface area contributed by atoms with Crippen LogP contribution in [0.1, 0.15) is 5.69 Å². The first kappa shape index (κ1) is 16.6. The number of aromatic nitrogens is 1. The second-order valence-electron chi connectivity index (χ2n) is 3.65. The molecule has 0 aliphatic heterocycles. The van der Waals surface area contributed by atoms with Crippen molar-refractivity contribution in [3.8, 4) is 5.75 Å². The number of methoxy groups -OCH3 is 1. The summed E-state index contributed by atoms with van der Waals surface area (Å²) >= 11 is 3.04. The van der Waals surface area contributed by atoms with E-state index < -0.39 is 4.92 Å². The van der Waals surface area contributed by atoms with Gasteiger partial charge in [-0.25, -0.2) is 0 Å². The van der Waals surface area contributed by atoms with Crippen LogP contribution in [0.3, 0.4) is 0 Å². The van der Waals surface area contributed by atoms with Crippen LogP contribution in [0.2, 0.25) is 0 Å². The Balaban J connectivity index is 2.26. The van der Waals surface area contributed by atoms with Crippen LogP contribution >= 0.6 is 23.5 Å². The predicted octanol–water partition coefficient (Wildman–Crippen LogP) is 2.35. The van der Waals surface area contributed by atoms with Gasteiger partial charge in [0.25, 0.3) is 6.20 Å². The van der Waals surface area contributed by atoms with Gasteiger partial charge in [0.1, 0.15) is 10.8 Å². The third-order valence-corrected chi connectivity index (χ3v) is 3.94. The maximum absolute atomic E-state index is 10.4. The summed E-state index contributed by atoms with van der Waals surface area (Å²) in [6.45, 7) is 0.676. The molecule has 0 saturated heterocycles. The Kier molecular flexibility index (Phi) is 7.89. The molecule has 0 unspecified atom stereocenters. The largest absolute Gasteiger partial charge is 0.497 e. The maximum Gasteiger partial charge on any atom is 0.263 e. The van der Waals surface area contributed by atoms with Crippen LogP contribution in [0.5, 0.6) is 5.75 Å². The Morgan fingerprint density at radius 1 is 1.65 bits per heavy atom. The van der Waals surface area contributed by atoms with Crippen molar-refractivity contribution in [2.75, 3.05) is 25.7 Å². The Hall–Kier alpha value is -1.41. The van der Waals surface area contributed by atoms with Crippen LogP contribution < -0.4 is 10.1 Å². The first-order valence-corrected chi connectivity index (χ1v) is 8.23. The molecule has 20 heavy (non-hydrogen) atoms. The lowest BCUT2D eigenvalue weighted by atomic mass is 10.3. The van der Waals surface area contributed by atoms with Crippen LogP contribution in [0.25, 0.3) is 0 Å². The van der Waals surface area contributed by atoms with Crippen LogP contribution in [-0.2, 0) is 5.75 Å². The second kappa shape index (κ2) is 9.49. The summed E-state index contributed by atoms with van der Waals surface area (Å²) in [5.41, 5.74) is 0.959. The van der Waals surface area contributed by atoms with Crippen molar-refractivity contribution in [1.82, 2.24) is 10.3 Å². The van der Waals surface area contributed by atoms with Gasteiger partial charge in [0, 0.05) is 30.3 Å². The zero-order valence-corrected chi connectivity index (χ0v) is 13.0. The zero-order chi connectivity index (χ0) is 14.8. The fourth-order valence-corrected chi connectivity index (χ4v) is 2.55. The number of nitrogens with zero attached hydrogens (tertiary/aromatic N) is 2. The van der Waals surface area contributed by atoms with E-state index in [0.29, 0.717) is 11.6 Å². The molecule has 6 nitrogen and oxygen atoms in total. The summed E-state index contributed by atoms with van der Waals surface area (Å²) in [6.07, 6.45) is 4.51. The Morgan fingerprint density at radius 2 is 2.45 bits per heavy atom. The summed E-state index contributed by atoms with van der Waals surface area (Å²) in [5.74, 6) is 2.42. The monoisotopic (exact) mass is 315 g/mol. The number of pyridine rings is 1. The molecule has 0 aliphatic carbocycles. The van der Waals surface area contributed by atoms with Crippen molar-refractivity contribution in [2.24, 2.45) is 0 Å². The summed E-state index contributed by atoms with van der Waals surface area (Å²) in [5, 5.41) is 13.9. The molecule has 1 aromatic rings. The zero-order valence-electron chi connectivity index (χ0n) is 11.4. The quantitative estimate of drug-likeness (QED) is 0.426. The number of hydrogen-bond donors (Lipinski definition) is 1. The number of ether oxygens (including phenoxy) is 1. The highest BCUT2D eigenvalue weighted by molar-refractivity contribution is 8.02. The van der Waals surface area contributed by atoms with Gasteiger partial charge in [0.2, 0.25) is 0 Å². The molecule has 0 saturated carbocycles. The molecule has 8 heteroatoms. The Morgan fingerprint density at radius 3 is 3.10 bits per heavy atom. The van der Waals surface area contributed by atoms with Crippen molar-refractivity contribution in [3.05, 3.63) is 45.4 Å². The molecule has 110 valence electrons. The molecule has 0 radical (unpaired) electrons. The van der Waals surface area contributed by atoms with Crippen molar-refractivity contribution >= 4 is 23.5 Å². The average Bonchev–Trinajstić information content (AvgIpc) is 2.45. The van der Waals surface area contributed by atoms with Crippen molar-refractivity contribution in [1.29, 1.82) is 0 Å². The Labute approximate surface area is 126 Å². The van der Waals surface area contributed by atoms with Crippen LogP contribution in [-0.4, -0.2) is 35.6 Å². The van der Waals surface area contributed by atoms with E-state index in [1.807, 2.05) is 12.1 Å². The topological polar surface area (TPSA) is 77.3 Å². The maximum atomic E-state index is 10.4. The van der Waals surface area contributed by atoms with Crippen molar-refractivity contribution in [2.45, 2.75) is 5.75 Å². The first-order chi connectivity index (χ1) is 9.65. The first-order valence-electron chi connectivity index (χ1n) is 5.85. The number of nitro groups is 1. The van der Waals surface area contributed by atoms with Gasteiger partial charge in [-0.2, -0.15) is 11.8 Å². The van der Waals surface area contributed by atoms with Gasteiger partial charge in [-0.15, -0.1) is 11.8 Å². The SMILES string of the molecule is COc1ccnc(CSCCNC(=C[N+](=O)[O-])SC)c1. The van der Waals surface area contributed by atoms with Gasteiger partial charge in [0.05, 0.1) is 17.7 Å². The van der Waals surface area contributed by atoms with E-state index in [9.17, 15) is 10.1 Å². The number of rotatable bonds is 9. The van der Waals surface area contributed by atoms with Gasteiger partial charge in [-0.3, -0.25) is 15.1 Å². The van der Waals surface area contributed by atoms with Gasteiger partial charge in [-0.1, -0.05) is 0 Å². The standard InChI is InChI=1S/C12H17N3O3S2/c1-18-11-3-4-13-10(7-11)9-20-6-5-14-12(19-2)8-15(16)17/h3-4,7-8,14H,5-6,9H2,1-2H3. The molecule has 1 rings (SSSR count). The van der Waals surface area contributed by atoms with E-state index in [1.165, 1.54) is 11.8 Å². The van der Waals surface area contributed by atoms with Crippen LogP contribution in [0.15, 0.2) is 29.6 Å². The molecule has 0 bridgehead atoms. The lowest BCUT2D eigenvalue weighted by Gasteiger charge is -2.06. The molecule has 0 aliphatic rings. The summed E-state index contributed by atoms with van der Waals surface area (Å²) in [4.78, 5) is 14.2. The minimum atomic E-state index is -0.452. The molecule has 1 heterocycles. The third kappa shape index (κ3) is 6.67. The molecular formula is C12H17N3O3S2. The van der Waals surface area contributed by atoms with Crippen molar-refractivity contribution < 1.29 is 9.66 Å². The fraction of sp³-hybridized carbons (Fsp3) is 0.417. The summed E-state index contributed by atoms with van der Waals surface area (Å²) < 4.78 is 5.13. The minimum Gasteiger partial charge on any atom is -0.497 e. The average molecular weight is 315 g/mol. The highest BCUT2D eigenvalue weighted by atomic mass is 32.2. The lowest BCUT2D eigenvalue weighted by Crippen LogP contribution is -2.15. The van der Waals surface area contributed by atoms with Gasteiger partial charge in [-0.05, 0) is 12.3 Å². The lowest BCUT2D eigenvalue weighted by molar-refractivity contribution is -0.403. The van der Waals surface area contributed by atoms with E-state index in [2.05, 4.69) is 10.3 Å². The summed E-state index contributed by atoms with van der Waals surface area (Å²) in [7, 11) is 1.63. The normalized spacial score (nSPS) is 11.2. The van der Waals surface area contributed by atoms with Crippen LogP contribution in [0, 0.1) is 10.1 Å². The van der Waals surface area contributed by atoms with E-state index in [1.54, 1.807) is 31.3 Å². The van der Waals surface area contributed by atoms with Crippen LogP contribution in [0.4, 0.5) is 0 Å². The molecule has 0 amide bonds. The molecule has 0 fully saturated rings. The minimum absolute atomic E-state index is 0.452.